The second kappa shape index (κ2) is 10.5. The van der Waals surface area contributed by atoms with Crippen LogP contribution >= 0.6 is 11.8 Å². The number of aromatic amines is 1. The van der Waals surface area contributed by atoms with E-state index in [1.807, 2.05) is 72.8 Å². The molecule has 0 aliphatic carbocycles. The van der Waals surface area contributed by atoms with E-state index in [1.165, 1.54) is 5.56 Å². The second-order valence-electron chi connectivity index (χ2n) is 9.16. The third kappa shape index (κ3) is 4.90. The van der Waals surface area contributed by atoms with Crippen LogP contribution in [0.1, 0.15) is 21.5 Å². The molecule has 2 N–H and O–H groups in total. The molecule has 0 bridgehead atoms. The SMILES string of the molecule is O=C(Nc1ccc2nc(-c3cccnc3)[nH]c2c1)C(CSCc1ccccc1)N1Cc2ccccc2C1=O. The zero-order valence-electron chi connectivity index (χ0n) is 20.5. The van der Waals surface area contributed by atoms with Crippen molar-refractivity contribution in [3.05, 3.63) is 114 Å². The van der Waals surface area contributed by atoms with Crippen LogP contribution in [0.2, 0.25) is 0 Å². The molecule has 8 heteroatoms. The topological polar surface area (TPSA) is 91.0 Å². The van der Waals surface area contributed by atoms with Crippen LogP contribution in [0.25, 0.3) is 22.4 Å². The fraction of sp³-hybridized carbons (Fsp3) is 0.133. The van der Waals surface area contributed by atoms with E-state index < -0.39 is 6.04 Å². The number of hydrogen-bond donors (Lipinski definition) is 2. The van der Waals surface area contributed by atoms with Crippen molar-refractivity contribution in [2.45, 2.75) is 18.3 Å². The van der Waals surface area contributed by atoms with E-state index in [2.05, 4.69) is 32.4 Å². The summed E-state index contributed by atoms with van der Waals surface area (Å²) in [5.41, 5.74) is 5.93. The maximum Gasteiger partial charge on any atom is 0.255 e. The summed E-state index contributed by atoms with van der Waals surface area (Å²) < 4.78 is 0. The fourth-order valence-corrected chi connectivity index (χ4v) is 5.75. The number of imidazole rings is 1. The van der Waals surface area contributed by atoms with E-state index in [1.54, 1.807) is 29.1 Å². The molecule has 1 unspecified atom stereocenters. The number of nitrogens with zero attached hydrogens (tertiary/aromatic N) is 3. The third-order valence-electron chi connectivity index (χ3n) is 6.60. The lowest BCUT2D eigenvalue weighted by Crippen LogP contribution is -2.46. The zero-order valence-corrected chi connectivity index (χ0v) is 21.3. The minimum Gasteiger partial charge on any atom is -0.338 e. The van der Waals surface area contributed by atoms with Gasteiger partial charge in [-0.2, -0.15) is 11.8 Å². The van der Waals surface area contributed by atoms with Crippen LogP contribution in [0.5, 0.6) is 0 Å². The molecule has 3 heterocycles. The van der Waals surface area contributed by atoms with Gasteiger partial charge in [-0.05, 0) is 47.5 Å². The van der Waals surface area contributed by atoms with E-state index in [0.717, 1.165) is 27.9 Å². The van der Waals surface area contributed by atoms with E-state index in [4.69, 9.17) is 0 Å². The Morgan fingerprint density at radius 3 is 2.68 bits per heavy atom. The van der Waals surface area contributed by atoms with Gasteiger partial charge >= 0.3 is 0 Å². The highest BCUT2D eigenvalue weighted by Crippen LogP contribution is 2.28. The van der Waals surface area contributed by atoms with Crippen molar-refractivity contribution in [3.63, 3.8) is 0 Å². The smallest absolute Gasteiger partial charge is 0.255 e. The lowest BCUT2D eigenvalue weighted by atomic mass is 10.1. The molecule has 188 valence electrons. The Bertz CT molecular complexity index is 1600. The van der Waals surface area contributed by atoms with Crippen molar-refractivity contribution in [1.29, 1.82) is 0 Å². The average molecular weight is 520 g/mol. The number of aromatic nitrogens is 3. The summed E-state index contributed by atoms with van der Waals surface area (Å²) in [7, 11) is 0. The minimum absolute atomic E-state index is 0.105. The standard InChI is InChI=1S/C30H25N5O2S/c36-29(32-23-12-13-25-26(15-23)34-28(33-25)21-10-6-14-31-16-21)27(19-38-18-20-7-2-1-3-8-20)35-17-22-9-4-5-11-24(22)30(35)37/h1-16,27H,17-19H2,(H,32,36)(H,33,34). The number of nitrogens with one attached hydrogen (secondary N) is 2. The molecule has 5 aromatic rings. The molecule has 6 rings (SSSR count). The fourth-order valence-electron chi connectivity index (χ4n) is 4.65. The van der Waals surface area contributed by atoms with E-state index in [9.17, 15) is 9.59 Å². The quantitative estimate of drug-likeness (QED) is 0.282. The highest BCUT2D eigenvalue weighted by atomic mass is 32.2. The van der Waals surface area contributed by atoms with E-state index in [0.29, 0.717) is 29.4 Å². The first-order valence-corrected chi connectivity index (χ1v) is 13.5. The Hall–Kier alpha value is -4.43. The molecule has 0 saturated heterocycles. The minimum atomic E-state index is -0.618. The molecule has 1 aliphatic heterocycles. The summed E-state index contributed by atoms with van der Waals surface area (Å²) in [5, 5.41) is 3.05. The van der Waals surface area contributed by atoms with Gasteiger partial charge in [0.1, 0.15) is 11.9 Å². The molecule has 7 nitrogen and oxygen atoms in total. The average Bonchev–Trinajstić information content (AvgIpc) is 3.53. The van der Waals surface area contributed by atoms with Gasteiger partial charge in [0, 0.05) is 47.3 Å². The summed E-state index contributed by atoms with van der Waals surface area (Å²) >= 11 is 1.65. The molecule has 2 amide bonds. The Labute approximate surface area is 224 Å². The predicted octanol–water partition coefficient (Wildman–Crippen LogP) is 5.52. The van der Waals surface area contributed by atoms with Gasteiger partial charge in [0.2, 0.25) is 5.91 Å². The summed E-state index contributed by atoms with van der Waals surface area (Å²) in [4.78, 5) is 40.7. The molecule has 2 aromatic heterocycles. The molecular weight excluding hydrogens is 494 g/mol. The van der Waals surface area contributed by atoms with E-state index >= 15 is 0 Å². The van der Waals surface area contributed by atoms with Gasteiger partial charge in [-0.15, -0.1) is 0 Å². The number of pyridine rings is 1. The number of anilines is 1. The van der Waals surface area contributed by atoms with Gasteiger partial charge in [0.15, 0.2) is 0 Å². The summed E-state index contributed by atoms with van der Waals surface area (Å²) in [5.74, 6) is 1.64. The second-order valence-corrected chi connectivity index (χ2v) is 10.2. The first-order valence-electron chi connectivity index (χ1n) is 12.4. The summed E-state index contributed by atoms with van der Waals surface area (Å²) in [6, 6.07) is 26.5. The largest absolute Gasteiger partial charge is 0.338 e. The van der Waals surface area contributed by atoms with Crippen LogP contribution in [-0.4, -0.2) is 43.5 Å². The van der Waals surface area contributed by atoms with Gasteiger partial charge in [-0.1, -0.05) is 48.5 Å². The lowest BCUT2D eigenvalue weighted by Gasteiger charge is -2.27. The molecule has 0 radical (unpaired) electrons. The van der Waals surface area contributed by atoms with Crippen LogP contribution in [0.4, 0.5) is 5.69 Å². The molecule has 0 fully saturated rings. The first-order chi connectivity index (χ1) is 18.7. The van der Waals surface area contributed by atoms with Crippen molar-refractivity contribution >= 4 is 40.3 Å². The molecular formula is C30H25N5O2S. The van der Waals surface area contributed by atoms with Gasteiger partial charge in [-0.3, -0.25) is 14.6 Å². The summed E-state index contributed by atoms with van der Waals surface area (Å²) in [6.07, 6.45) is 3.47. The predicted molar refractivity (Wildman–Crippen MR) is 151 cm³/mol. The number of amides is 2. The number of fused-ring (bicyclic) bond motifs is 2. The Balaban J connectivity index is 1.22. The van der Waals surface area contributed by atoms with Crippen molar-refractivity contribution in [2.75, 3.05) is 11.1 Å². The molecule has 1 atom stereocenters. The van der Waals surface area contributed by atoms with Crippen LogP contribution in [-0.2, 0) is 17.1 Å². The number of hydrogen-bond acceptors (Lipinski definition) is 5. The Morgan fingerprint density at radius 2 is 1.87 bits per heavy atom. The zero-order chi connectivity index (χ0) is 25.9. The number of carbonyl (C=O) groups excluding carboxylic acids is 2. The maximum absolute atomic E-state index is 13.6. The monoisotopic (exact) mass is 519 g/mol. The van der Waals surface area contributed by atoms with Crippen molar-refractivity contribution < 1.29 is 9.59 Å². The molecule has 1 aliphatic rings. The molecule has 3 aromatic carbocycles. The number of H-pyrrole nitrogens is 1. The van der Waals surface area contributed by atoms with Gasteiger partial charge in [0.25, 0.3) is 5.91 Å². The van der Waals surface area contributed by atoms with Crippen LogP contribution in [0, 0.1) is 0 Å². The first kappa shape index (κ1) is 23.9. The number of rotatable bonds is 8. The number of carbonyl (C=O) groups is 2. The van der Waals surface area contributed by atoms with Gasteiger partial charge < -0.3 is 15.2 Å². The highest BCUT2D eigenvalue weighted by molar-refractivity contribution is 7.98. The van der Waals surface area contributed by atoms with Gasteiger partial charge in [0.05, 0.1) is 11.0 Å². The third-order valence-corrected chi connectivity index (χ3v) is 7.69. The highest BCUT2D eigenvalue weighted by Gasteiger charge is 2.36. The lowest BCUT2D eigenvalue weighted by molar-refractivity contribution is -0.119. The van der Waals surface area contributed by atoms with Crippen molar-refractivity contribution in [2.24, 2.45) is 0 Å². The number of thioether (sulfide) groups is 1. The normalized spacial score (nSPS) is 13.5. The number of benzene rings is 3. The van der Waals surface area contributed by atoms with Crippen LogP contribution in [0.3, 0.4) is 0 Å². The van der Waals surface area contributed by atoms with Crippen LogP contribution < -0.4 is 5.32 Å². The molecule has 38 heavy (non-hydrogen) atoms. The molecule has 0 spiro atoms. The molecule has 0 saturated carbocycles. The van der Waals surface area contributed by atoms with E-state index in [-0.39, 0.29) is 11.8 Å². The van der Waals surface area contributed by atoms with Gasteiger partial charge in [-0.25, -0.2) is 4.98 Å². The Kier molecular flexibility index (Phi) is 6.62. The maximum atomic E-state index is 13.6. The van der Waals surface area contributed by atoms with Crippen molar-refractivity contribution in [3.8, 4) is 11.4 Å². The summed E-state index contributed by atoms with van der Waals surface area (Å²) in [6.45, 7) is 0.424. The van der Waals surface area contributed by atoms with Crippen LogP contribution in [0.15, 0.2) is 97.3 Å². The Morgan fingerprint density at radius 1 is 1.03 bits per heavy atom. The van der Waals surface area contributed by atoms with Crippen molar-refractivity contribution in [1.82, 2.24) is 19.9 Å².